The first-order valence-corrected chi connectivity index (χ1v) is 7.50. The molecule has 0 fully saturated rings. The summed E-state index contributed by atoms with van der Waals surface area (Å²) in [6.45, 7) is 1.65. The van der Waals surface area contributed by atoms with E-state index in [1.165, 1.54) is 24.4 Å². The van der Waals surface area contributed by atoms with Gasteiger partial charge in [0.15, 0.2) is 0 Å². The Kier molecular flexibility index (Phi) is 4.43. The zero-order chi connectivity index (χ0) is 18.0. The number of oxazole rings is 1. The van der Waals surface area contributed by atoms with E-state index in [0.717, 1.165) is 17.7 Å². The van der Waals surface area contributed by atoms with Crippen molar-refractivity contribution >= 4 is 0 Å². The minimum absolute atomic E-state index is 0.233. The fourth-order valence-electron chi connectivity index (χ4n) is 2.36. The van der Waals surface area contributed by atoms with Crippen LogP contribution >= 0.6 is 0 Å². The van der Waals surface area contributed by atoms with E-state index in [0.29, 0.717) is 30.1 Å². The maximum atomic E-state index is 12.5. The fraction of sp³-hybridized carbons (Fsp3) is 0.235. The summed E-state index contributed by atoms with van der Waals surface area (Å²) in [5.74, 6) is 1.25. The molecular formula is C17H14F3N3O2. The van der Waals surface area contributed by atoms with Crippen molar-refractivity contribution in [1.82, 2.24) is 15.0 Å². The Morgan fingerprint density at radius 1 is 1.16 bits per heavy atom. The molecule has 0 saturated heterocycles. The first-order chi connectivity index (χ1) is 11.8. The third-order valence-electron chi connectivity index (χ3n) is 3.57. The molecule has 0 aliphatic heterocycles. The zero-order valence-corrected chi connectivity index (χ0v) is 13.2. The molecular weight excluding hydrogens is 335 g/mol. The molecule has 0 unspecified atom stereocenters. The molecule has 5 nitrogen and oxygen atoms in total. The number of H-pyrrole nitrogens is 1. The van der Waals surface area contributed by atoms with Crippen LogP contribution < -0.4 is 5.56 Å². The molecule has 0 aliphatic carbocycles. The Hall–Kier alpha value is -2.90. The highest BCUT2D eigenvalue weighted by Gasteiger charge is 2.29. The lowest BCUT2D eigenvalue weighted by Crippen LogP contribution is -2.08. The van der Waals surface area contributed by atoms with Gasteiger partial charge in [0, 0.05) is 12.5 Å². The summed E-state index contributed by atoms with van der Waals surface area (Å²) in [5, 5.41) is 0. The predicted molar refractivity (Wildman–Crippen MR) is 83.9 cm³/mol. The van der Waals surface area contributed by atoms with Gasteiger partial charge in [0.2, 0.25) is 5.89 Å². The minimum atomic E-state index is -4.34. The molecule has 3 aromatic rings. The summed E-state index contributed by atoms with van der Waals surface area (Å²) in [5.41, 5.74) is 0.124. The molecule has 8 heteroatoms. The smallest absolute Gasteiger partial charge is 0.416 e. The van der Waals surface area contributed by atoms with E-state index in [-0.39, 0.29) is 11.4 Å². The summed E-state index contributed by atoms with van der Waals surface area (Å²) in [4.78, 5) is 22.2. The van der Waals surface area contributed by atoms with E-state index in [1.54, 1.807) is 6.92 Å². The molecule has 2 aromatic heterocycles. The van der Waals surface area contributed by atoms with E-state index in [9.17, 15) is 18.0 Å². The summed E-state index contributed by atoms with van der Waals surface area (Å²) >= 11 is 0. The molecule has 130 valence electrons. The van der Waals surface area contributed by atoms with Crippen LogP contribution in [0.5, 0.6) is 0 Å². The molecule has 3 rings (SSSR count). The van der Waals surface area contributed by atoms with Crippen LogP contribution in [0.4, 0.5) is 13.2 Å². The highest BCUT2D eigenvalue weighted by atomic mass is 19.4. The Bertz CT molecular complexity index is 927. The van der Waals surface area contributed by atoms with Gasteiger partial charge in [-0.05, 0) is 31.0 Å². The van der Waals surface area contributed by atoms with E-state index in [4.69, 9.17) is 4.42 Å². The summed E-state index contributed by atoms with van der Waals surface area (Å²) < 4.78 is 43.2. The molecule has 0 bridgehead atoms. The SMILES string of the molecule is Cc1nc(-c2ncc(CCc3ccc(C(F)(F)F)cc3)o2)cc(=O)[nH]1. The number of hydrogen-bond acceptors (Lipinski definition) is 4. The quantitative estimate of drug-likeness (QED) is 0.782. The number of hydrogen-bond donors (Lipinski definition) is 1. The van der Waals surface area contributed by atoms with Crippen LogP contribution in [-0.2, 0) is 19.0 Å². The van der Waals surface area contributed by atoms with Crippen LogP contribution in [0.1, 0.15) is 22.7 Å². The molecule has 2 heterocycles. The molecule has 0 spiro atoms. The summed E-state index contributed by atoms with van der Waals surface area (Å²) in [6.07, 6.45) is -1.83. The molecule has 25 heavy (non-hydrogen) atoms. The number of nitrogens with zero attached hydrogens (tertiary/aromatic N) is 2. The van der Waals surface area contributed by atoms with Crippen molar-refractivity contribution in [2.75, 3.05) is 0 Å². The first-order valence-electron chi connectivity index (χ1n) is 7.50. The topological polar surface area (TPSA) is 71.8 Å². The molecule has 0 radical (unpaired) electrons. The maximum absolute atomic E-state index is 12.5. The van der Waals surface area contributed by atoms with Crippen LogP contribution in [0.25, 0.3) is 11.6 Å². The lowest BCUT2D eigenvalue weighted by Gasteiger charge is -2.07. The highest BCUT2D eigenvalue weighted by Crippen LogP contribution is 2.29. The number of aromatic nitrogens is 3. The van der Waals surface area contributed by atoms with Crippen LogP contribution in [-0.4, -0.2) is 15.0 Å². The van der Waals surface area contributed by atoms with Crippen LogP contribution in [0.3, 0.4) is 0 Å². The van der Waals surface area contributed by atoms with Gasteiger partial charge in [-0.15, -0.1) is 0 Å². The minimum Gasteiger partial charge on any atom is -0.440 e. The number of benzene rings is 1. The number of nitrogens with one attached hydrogen (secondary N) is 1. The monoisotopic (exact) mass is 349 g/mol. The summed E-state index contributed by atoms with van der Waals surface area (Å²) in [6, 6.07) is 6.30. The standard InChI is InChI=1S/C17H14F3N3O2/c1-10-22-14(8-15(24)23-10)16-21-9-13(25-16)7-4-11-2-5-12(6-3-11)17(18,19)20/h2-3,5-6,8-9H,4,7H2,1H3,(H,22,23,24). The Labute approximate surface area is 140 Å². The van der Waals surface area contributed by atoms with E-state index >= 15 is 0 Å². The van der Waals surface area contributed by atoms with Gasteiger partial charge in [-0.2, -0.15) is 13.2 Å². The number of halogens is 3. The Morgan fingerprint density at radius 3 is 2.52 bits per heavy atom. The summed E-state index contributed by atoms with van der Waals surface area (Å²) in [7, 11) is 0. The number of alkyl halides is 3. The second kappa shape index (κ2) is 6.54. The maximum Gasteiger partial charge on any atom is 0.416 e. The van der Waals surface area contributed by atoms with Crippen molar-refractivity contribution in [1.29, 1.82) is 0 Å². The Morgan fingerprint density at radius 2 is 1.88 bits per heavy atom. The van der Waals surface area contributed by atoms with Crippen LogP contribution in [0.15, 0.2) is 45.7 Å². The fourth-order valence-corrected chi connectivity index (χ4v) is 2.36. The van der Waals surface area contributed by atoms with Gasteiger partial charge in [0.1, 0.15) is 17.3 Å². The average Bonchev–Trinajstić information content (AvgIpc) is 3.00. The van der Waals surface area contributed by atoms with Crippen molar-refractivity contribution in [3.05, 3.63) is 69.6 Å². The average molecular weight is 349 g/mol. The number of rotatable bonds is 4. The van der Waals surface area contributed by atoms with E-state index < -0.39 is 11.7 Å². The van der Waals surface area contributed by atoms with Crippen LogP contribution in [0, 0.1) is 6.92 Å². The third kappa shape index (κ3) is 4.14. The normalized spacial score (nSPS) is 11.7. The molecule has 0 aliphatic rings. The zero-order valence-electron chi connectivity index (χ0n) is 13.2. The molecule has 0 amide bonds. The molecule has 1 aromatic carbocycles. The number of aryl methyl sites for hydroxylation is 3. The van der Waals surface area contributed by atoms with Gasteiger partial charge in [-0.3, -0.25) is 4.79 Å². The Balaban J connectivity index is 1.68. The second-order valence-corrected chi connectivity index (χ2v) is 5.54. The van der Waals surface area contributed by atoms with Gasteiger partial charge in [0.25, 0.3) is 5.56 Å². The predicted octanol–water partition coefficient (Wildman–Crippen LogP) is 3.54. The highest BCUT2D eigenvalue weighted by molar-refractivity contribution is 5.45. The van der Waals surface area contributed by atoms with Crippen molar-refractivity contribution < 1.29 is 17.6 Å². The molecule has 0 saturated carbocycles. The lowest BCUT2D eigenvalue weighted by molar-refractivity contribution is -0.137. The van der Waals surface area contributed by atoms with E-state index in [2.05, 4.69) is 15.0 Å². The first kappa shape index (κ1) is 16.9. The van der Waals surface area contributed by atoms with Gasteiger partial charge >= 0.3 is 6.18 Å². The molecule has 0 atom stereocenters. The molecule has 1 N–H and O–H groups in total. The van der Waals surface area contributed by atoms with Crippen molar-refractivity contribution in [2.45, 2.75) is 25.9 Å². The third-order valence-corrected chi connectivity index (χ3v) is 3.57. The van der Waals surface area contributed by atoms with Gasteiger partial charge < -0.3 is 9.40 Å². The largest absolute Gasteiger partial charge is 0.440 e. The number of aromatic amines is 1. The van der Waals surface area contributed by atoms with E-state index in [1.807, 2.05) is 0 Å². The van der Waals surface area contributed by atoms with Gasteiger partial charge in [-0.25, -0.2) is 9.97 Å². The van der Waals surface area contributed by atoms with Crippen molar-refractivity contribution in [3.63, 3.8) is 0 Å². The van der Waals surface area contributed by atoms with Gasteiger partial charge in [0.05, 0.1) is 11.8 Å². The van der Waals surface area contributed by atoms with Gasteiger partial charge in [-0.1, -0.05) is 12.1 Å². The van der Waals surface area contributed by atoms with Crippen molar-refractivity contribution in [3.8, 4) is 11.6 Å². The van der Waals surface area contributed by atoms with Crippen molar-refractivity contribution in [2.24, 2.45) is 0 Å². The second-order valence-electron chi connectivity index (χ2n) is 5.54. The van der Waals surface area contributed by atoms with Crippen LogP contribution in [0.2, 0.25) is 0 Å². The lowest BCUT2D eigenvalue weighted by atomic mass is 10.1.